The summed E-state index contributed by atoms with van der Waals surface area (Å²) in [5, 5.41) is 2.75. The lowest BCUT2D eigenvalue weighted by atomic mass is 9.79. The number of nitrogens with two attached hydrogens (primary N) is 1. The van der Waals surface area contributed by atoms with Crippen LogP contribution in [0.15, 0.2) is 0 Å². The van der Waals surface area contributed by atoms with Gasteiger partial charge in [-0.1, -0.05) is 12.8 Å². The monoisotopic (exact) mass is 278 g/mol. The van der Waals surface area contributed by atoms with E-state index >= 15 is 0 Å². The van der Waals surface area contributed by atoms with Crippen molar-refractivity contribution < 1.29 is 18.3 Å². The van der Waals surface area contributed by atoms with E-state index in [9.17, 15) is 13.6 Å². The standard InChI is InChI=1S/C13H24F2N2O2/c14-12(15)9-19-7-6-17-13(18)11-3-1-2-10(8-11)4-5-16/h10-12H,1-9,16H2,(H,17,18). The van der Waals surface area contributed by atoms with Gasteiger partial charge in [-0.05, 0) is 31.7 Å². The first kappa shape index (κ1) is 16.3. The molecule has 1 fully saturated rings. The molecule has 6 heteroatoms. The van der Waals surface area contributed by atoms with Gasteiger partial charge in [-0.2, -0.15) is 0 Å². The predicted molar refractivity (Wildman–Crippen MR) is 69.0 cm³/mol. The average Bonchev–Trinajstić information content (AvgIpc) is 2.38. The molecule has 0 saturated heterocycles. The van der Waals surface area contributed by atoms with Crippen LogP contribution in [-0.2, 0) is 9.53 Å². The van der Waals surface area contributed by atoms with Crippen LogP contribution in [-0.4, -0.2) is 38.6 Å². The molecule has 19 heavy (non-hydrogen) atoms. The Hall–Kier alpha value is -0.750. The molecule has 112 valence electrons. The summed E-state index contributed by atoms with van der Waals surface area (Å²) in [5.74, 6) is 0.604. The second-order valence-corrected chi connectivity index (χ2v) is 5.06. The van der Waals surface area contributed by atoms with Gasteiger partial charge in [-0.25, -0.2) is 8.78 Å². The number of amides is 1. The quantitative estimate of drug-likeness (QED) is 0.662. The Kier molecular flexibility index (Phi) is 7.90. The van der Waals surface area contributed by atoms with Crippen molar-refractivity contribution in [3.05, 3.63) is 0 Å². The molecule has 0 bridgehead atoms. The lowest BCUT2D eigenvalue weighted by molar-refractivity contribution is -0.126. The summed E-state index contributed by atoms with van der Waals surface area (Å²) in [5.41, 5.74) is 5.54. The molecule has 2 unspecified atom stereocenters. The maximum atomic E-state index is 11.9. The third kappa shape index (κ3) is 6.82. The van der Waals surface area contributed by atoms with Gasteiger partial charge in [0.15, 0.2) is 0 Å². The maximum absolute atomic E-state index is 11.9. The van der Waals surface area contributed by atoms with Crippen molar-refractivity contribution in [2.24, 2.45) is 17.6 Å². The highest BCUT2D eigenvalue weighted by Crippen LogP contribution is 2.30. The summed E-state index contributed by atoms with van der Waals surface area (Å²) in [7, 11) is 0. The van der Waals surface area contributed by atoms with Crippen molar-refractivity contribution in [3.8, 4) is 0 Å². The number of halogens is 2. The molecule has 2 atom stereocenters. The summed E-state index contributed by atoms with van der Waals surface area (Å²) in [4.78, 5) is 11.9. The molecule has 0 aromatic heterocycles. The number of alkyl halides is 2. The van der Waals surface area contributed by atoms with Crippen LogP contribution in [0.1, 0.15) is 32.1 Å². The Morgan fingerprint density at radius 3 is 2.89 bits per heavy atom. The fraction of sp³-hybridized carbons (Fsp3) is 0.923. The van der Waals surface area contributed by atoms with E-state index in [2.05, 4.69) is 5.32 Å². The third-order valence-electron chi connectivity index (χ3n) is 3.52. The van der Waals surface area contributed by atoms with E-state index in [0.717, 1.165) is 32.1 Å². The van der Waals surface area contributed by atoms with Crippen LogP contribution in [0.4, 0.5) is 8.78 Å². The topological polar surface area (TPSA) is 64.4 Å². The van der Waals surface area contributed by atoms with Crippen LogP contribution in [0.25, 0.3) is 0 Å². The fourth-order valence-electron chi connectivity index (χ4n) is 2.59. The molecule has 1 rings (SSSR count). The Bertz CT molecular complexity index is 263. The molecule has 1 saturated carbocycles. The minimum Gasteiger partial charge on any atom is -0.374 e. The zero-order valence-electron chi connectivity index (χ0n) is 11.2. The largest absolute Gasteiger partial charge is 0.374 e. The van der Waals surface area contributed by atoms with Crippen LogP contribution < -0.4 is 11.1 Å². The van der Waals surface area contributed by atoms with E-state index in [1.54, 1.807) is 0 Å². The van der Waals surface area contributed by atoms with Crippen molar-refractivity contribution >= 4 is 5.91 Å². The number of hydrogen-bond acceptors (Lipinski definition) is 3. The van der Waals surface area contributed by atoms with Gasteiger partial charge >= 0.3 is 0 Å². The summed E-state index contributed by atoms with van der Waals surface area (Å²) in [6, 6.07) is 0. The van der Waals surface area contributed by atoms with Gasteiger partial charge in [0.2, 0.25) is 5.91 Å². The van der Waals surface area contributed by atoms with Gasteiger partial charge in [-0.3, -0.25) is 4.79 Å². The van der Waals surface area contributed by atoms with Gasteiger partial charge in [0.1, 0.15) is 6.61 Å². The summed E-state index contributed by atoms with van der Waals surface area (Å²) in [6.07, 6.45) is 2.53. The number of carbonyl (C=O) groups excluding carboxylic acids is 1. The maximum Gasteiger partial charge on any atom is 0.261 e. The zero-order valence-corrected chi connectivity index (χ0v) is 11.2. The number of carbonyl (C=O) groups is 1. The molecule has 1 aliphatic carbocycles. The Balaban J connectivity index is 2.14. The van der Waals surface area contributed by atoms with Crippen molar-refractivity contribution in [2.75, 3.05) is 26.3 Å². The summed E-state index contributed by atoms with van der Waals surface area (Å²) in [6.45, 7) is 0.525. The van der Waals surface area contributed by atoms with Gasteiger partial charge in [-0.15, -0.1) is 0 Å². The first-order valence-corrected chi connectivity index (χ1v) is 6.97. The zero-order chi connectivity index (χ0) is 14.1. The molecule has 3 N–H and O–H groups in total. The van der Waals surface area contributed by atoms with Crippen LogP contribution in [0.3, 0.4) is 0 Å². The molecule has 1 amide bonds. The summed E-state index contributed by atoms with van der Waals surface area (Å²) >= 11 is 0. The average molecular weight is 278 g/mol. The van der Waals surface area contributed by atoms with Gasteiger partial charge in [0.25, 0.3) is 6.43 Å². The second kappa shape index (κ2) is 9.20. The third-order valence-corrected chi connectivity index (χ3v) is 3.52. The lowest BCUT2D eigenvalue weighted by Gasteiger charge is -2.28. The fourth-order valence-corrected chi connectivity index (χ4v) is 2.59. The van der Waals surface area contributed by atoms with E-state index in [1.807, 2.05) is 0 Å². The van der Waals surface area contributed by atoms with Gasteiger partial charge in [0, 0.05) is 12.5 Å². The predicted octanol–water partition coefficient (Wildman–Crippen LogP) is 1.54. The van der Waals surface area contributed by atoms with Crippen molar-refractivity contribution in [2.45, 2.75) is 38.5 Å². The van der Waals surface area contributed by atoms with E-state index < -0.39 is 13.0 Å². The van der Waals surface area contributed by atoms with Crippen molar-refractivity contribution in [3.63, 3.8) is 0 Å². The van der Waals surface area contributed by atoms with Crippen molar-refractivity contribution in [1.82, 2.24) is 5.32 Å². The number of ether oxygens (including phenoxy) is 1. The van der Waals surface area contributed by atoms with E-state index in [-0.39, 0.29) is 18.4 Å². The second-order valence-electron chi connectivity index (χ2n) is 5.06. The SMILES string of the molecule is NCCC1CCCC(C(=O)NCCOCC(F)F)C1. The smallest absolute Gasteiger partial charge is 0.261 e. The Morgan fingerprint density at radius 1 is 1.42 bits per heavy atom. The van der Waals surface area contributed by atoms with Crippen LogP contribution in [0, 0.1) is 11.8 Å². The van der Waals surface area contributed by atoms with Crippen molar-refractivity contribution in [1.29, 1.82) is 0 Å². The minimum absolute atomic E-state index is 0.0161. The lowest BCUT2D eigenvalue weighted by Crippen LogP contribution is -2.36. The van der Waals surface area contributed by atoms with Crippen LogP contribution >= 0.6 is 0 Å². The van der Waals surface area contributed by atoms with Gasteiger partial charge in [0.05, 0.1) is 6.61 Å². The molecule has 1 aliphatic rings. The normalized spacial score (nSPS) is 23.6. The minimum atomic E-state index is -2.45. The van der Waals surface area contributed by atoms with E-state index in [0.29, 0.717) is 19.0 Å². The Morgan fingerprint density at radius 2 is 2.21 bits per heavy atom. The molecule has 0 radical (unpaired) electrons. The van der Waals surface area contributed by atoms with Gasteiger partial charge < -0.3 is 15.8 Å². The molecule has 4 nitrogen and oxygen atoms in total. The first-order valence-electron chi connectivity index (χ1n) is 6.97. The van der Waals surface area contributed by atoms with Crippen LogP contribution in [0.5, 0.6) is 0 Å². The molecule has 0 aromatic rings. The highest BCUT2D eigenvalue weighted by molar-refractivity contribution is 5.78. The number of nitrogens with one attached hydrogen (secondary N) is 1. The number of rotatable bonds is 8. The molecule has 0 spiro atoms. The van der Waals surface area contributed by atoms with E-state index in [1.165, 1.54) is 0 Å². The molecule has 0 aliphatic heterocycles. The van der Waals surface area contributed by atoms with E-state index in [4.69, 9.17) is 10.5 Å². The molecular formula is C13H24F2N2O2. The van der Waals surface area contributed by atoms with Crippen LogP contribution in [0.2, 0.25) is 0 Å². The first-order chi connectivity index (χ1) is 9.13. The molecule has 0 heterocycles. The summed E-state index contributed by atoms with van der Waals surface area (Å²) < 4.78 is 28.3. The molecular weight excluding hydrogens is 254 g/mol. The molecule has 0 aromatic carbocycles. The Labute approximate surface area is 113 Å². The number of hydrogen-bond donors (Lipinski definition) is 2. The highest BCUT2D eigenvalue weighted by atomic mass is 19.3. The highest BCUT2D eigenvalue weighted by Gasteiger charge is 2.26.